The van der Waals surface area contributed by atoms with Crippen molar-refractivity contribution in [1.82, 2.24) is 15.0 Å². The number of anilines is 2. The first-order valence-corrected chi connectivity index (χ1v) is 9.45. The molecule has 3 rings (SSSR count). The van der Waals surface area contributed by atoms with E-state index in [1.165, 1.54) is 23.0 Å². The number of rotatable bonds is 4. The van der Waals surface area contributed by atoms with E-state index in [9.17, 15) is 10.2 Å². The molecule has 0 atom stereocenters. The molecule has 0 aromatic carbocycles. The summed E-state index contributed by atoms with van der Waals surface area (Å²) in [6.07, 6.45) is 3.61. The fourth-order valence-corrected chi connectivity index (χ4v) is 4.60. The summed E-state index contributed by atoms with van der Waals surface area (Å²) in [5, 5.41) is 19.3. The van der Waals surface area contributed by atoms with Crippen LogP contribution in [-0.2, 0) is 10.8 Å². The highest BCUT2D eigenvalue weighted by Gasteiger charge is 2.41. The van der Waals surface area contributed by atoms with Crippen LogP contribution in [0.25, 0.3) is 0 Å². The molecular formula is C18H26N4O2S. The smallest absolute Gasteiger partial charge is 0.231 e. The maximum absolute atomic E-state index is 9.20. The fraction of sp³-hybridized carbons (Fsp3) is 0.611. The Morgan fingerprint density at radius 2 is 1.72 bits per heavy atom. The second kappa shape index (κ2) is 6.30. The van der Waals surface area contributed by atoms with E-state index >= 15 is 0 Å². The van der Waals surface area contributed by atoms with Crippen molar-refractivity contribution in [3.8, 4) is 0 Å². The predicted molar refractivity (Wildman–Crippen MR) is 99.3 cm³/mol. The van der Waals surface area contributed by atoms with Gasteiger partial charge in [-0.15, -0.1) is 11.3 Å². The third kappa shape index (κ3) is 3.28. The first-order chi connectivity index (χ1) is 11.7. The molecule has 0 aliphatic heterocycles. The molecule has 25 heavy (non-hydrogen) atoms. The highest BCUT2D eigenvalue weighted by atomic mass is 32.1. The largest absolute Gasteiger partial charge is 0.364 e. The van der Waals surface area contributed by atoms with Crippen LogP contribution < -0.4 is 4.90 Å². The molecule has 0 unspecified atom stereocenters. The molecule has 136 valence electrons. The van der Waals surface area contributed by atoms with Gasteiger partial charge in [0, 0.05) is 40.2 Å². The van der Waals surface area contributed by atoms with Crippen molar-refractivity contribution >= 4 is 22.4 Å². The molecule has 1 aliphatic carbocycles. The Hall–Kier alpha value is -1.57. The van der Waals surface area contributed by atoms with Gasteiger partial charge in [-0.05, 0) is 19.8 Å². The summed E-state index contributed by atoms with van der Waals surface area (Å²) in [6, 6.07) is 0. The topological polar surface area (TPSA) is 82.4 Å². The summed E-state index contributed by atoms with van der Waals surface area (Å²) in [5.41, 5.74) is 1.67. The molecule has 0 spiro atoms. The normalized spacial score (nSPS) is 18.2. The molecule has 7 heteroatoms. The van der Waals surface area contributed by atoms with Crippen molar-refractivity contribution in [2.45, 2.75) is 64.6 Å². The van der Waals surface area contributed by atoms with Gasteiger partial charge in [0.15, 0.2) is 11.4 Å². The Morgan fingerprint density at radius 3 is 2.24 bits per heavy atom. The van der Waals surface area contributed by atoms with Gasteiger partial charge >= 0.3 is 0 Å². The third-order valence-electron chi connectivity index (χ3n) is 4.99. The molecule has 2 aromatic heterocycles. The Balaban J connectivity index is 2.01. The molecule has 2 aromatic rings. The van der Waals surface area contributed by atoms with E-state index in [2.05, 4.69) is 37.7 Å². The van der Waals surface area contributed by atoms with E-state index in [0.717, 1.165) is 18.0 Å². The number of hydrogen-bond donors (Lipinski definition) is 2. The number of aromatic nitrogens is 3. The molecule has 2 N–H and O–H groups in total. The first-order valence-electron chi connectivity index (χ1n) is 8.63. The van der Waals surface area contributed by atoms with E-state index in [0.29, 0.717) is 12.5 Å². The molecule has 6 nitrogen and oxygen atoms in total. The Labute approximate surface area is 152 Å². The lowest BCUT2D eigenvalue weighted by Gasteiger charge is -2.37. The van der Waals surface area contributed by atoms with Crippen LogP contribution in [0.2, 0.25) is 0 Å². The van der Waals surface area contributed by atoms with Gasteiger partial charge in [-0.2, -0.15) is 0 Å². The molecule has 0 radical (unpaired) electrons. The Morgan fingerprint density at radius 1 is 1.12 bits per heavy atom. The number of aliphatic hydroxyl groups excluding tert-OH is 1. The molecule has 0 bridgehead atoms. The minimum absolute atomic E-state index is 0.0741. The monoisotopic (exact) mass is 362 g/mol. The van der Waals surface area contributed by atoms with Gasteiger partial charge in [0.25, 0.3) is 0 Å². The van der Waals surface area contributed by atoms with Gasteiger partial charge in [-0.1, -0.05) is 27.7 Å². The van der Waals surface area contributed by atoms with Crippen LogP contribution in [0.1, 0.15) is 69.9 Å². The van der Waals surface area contributed by atoms with Crippen LogP contribution in [0.15, 0.2) is 12.4 Å². The lowest BCUT2D eigenvalue weighted by Crippen LogP contribution is -2.32. The average molecular weight is 362 g/mol. The van der Waals surface area contributed by atoms with Crippen LogP contribution in [0, 0.1) is 0 Å². The maximum Gasteiger partial charge on any atom is 0.231 e. The number of aliphatic hydroxyl groups is 2. The van der Waals surface area contributed by atoms with Gasteiger partial charge in [0.1, 0.15) is 0 Å². The van der Waals surface area contributed by atoms with Crippen molar-refractivity contribution in [2.24, 2.45) is 0 Å². The van der Waals surface area contributed by atoms with Gasteiger partial charge in [0.05, 0.1) is 5.69 Å². The Bertz CT molecular complexity index is 719. The average Bonchev–Trinajstić information content (AvgIpc) is 3.01. The SMILES string of the molecule is CCN(c1ncc(C(O)O)cn1)c1nc2c(s1)C(C)(C)CCC2(C)C. The highest BCUT2D eigenvalue weighted by Crippen LogP contribution is 2.49. The quantitative estimate of drug-likeness (QED) is 0.811. The van der Waals surface area contributed by atoms with Crippen LogP contribution in [0.5, 0.6) is 0 Å². The highest BCUT2D eigenvalue weighted by molar-refractivity contribution is 7.16. The summed E-state index contributed by atoms with van der Waals surface area (Å²) in [5.74, 6) is 0.522. The van der Waals surface area contributed by atoms with Crippen molar-refractivity contribution < 1.29 is 10.2 Å². The molecule has 0 amide bonds. The molecule has 1 aliphatic rings. The summed E-state index contributed by atoms with van der Waals surface area (Å²) < 4.78 is 0. The van der Waals surface area contributed by atoms with Crippen LogP contribution >= 0.6 is 11.3 Å². The van der Waals surface area contributed by atoms with E-state index in [-0.39, 0.29) is 16.4 Å². The zero-order valence-corrected chi connectivity index (χ0v) is 16.3. The zero-order chi connectivity index (χ0) is 18.4. The van der Waals surface area contributed by atoms with Crippen LogP contribution in [0.4, 0.5) is 11.1 Å². The standard InChI is InChI=1S/C18H26N4O2S/c1-6-22(15-19-9-11(10-20-15)14(23)24)16-21-12-13(25-16)18(4,5)8-7-17(12,2)3/h9-10,14,23-24H,6-8H2,1-5H3. The second-order valence-corrected chi connectivity index (χ2v) is 8.85. The van der Waals surface area contributed by atoms with E-state index in [1.54, 1.807) is 11.3 Å². The fourth-order valence-electron chi connectivity index (χ4n) is 3.16. The van der Waals surface area contributed by atoms with Crippen LogP contribution in [0.3, 0.4) is 0 Å². The minimum atomic E-state index is -1.56. The molecule has 0 fully saturated rings. The van der Waals surface area contributed by atoms with Gasteiger partial charge in [0.2, 0.25) is 5.95 Å². The third-order valence-corrected chi connectivity index (χ3v) is 6.44. The molecule has 2 heterocycles. The van der Waals surface area contributed by atoms with Crippen LogP contribution in [-0.4, -0.2) is 31.7 Å². The number of hydrogen-bond acceptors (Lipinski definition) is 7. The lowest BCUT2D eigenvalue weighted by atomic mass is 9.69. The van der Waals surface area contributed by atoms with Gasteiger partial charge < -0.3 is 10.2 Å². The number of fused-ring (bicyclic) bond motifs is 1. The predicted octanol–water partition coefficient (Wildman–Crippen LogP) is 3.42. The molecule has 0 saturated carbocycles. The summed E-state index contributed by atoms with van der Waals surface area (Å²) in [6.45, 7) is 11.8. The zero-order valence-electron chi connectivity index (χ0n) is 15.4. The van der Waals surface area contributed by atoms with Gasteiger partial charge in [-0.3, -0.25) is 4.90 Å². The lowest BCUT2D eigenvalue weighted by molar-refractivity contribution is -0.0429. The summed E-state index contributed by atoms with van der Waals surface area (Å²) in [4.78, 5) is 16.9. The minimum Gasteiger partial charge on any atom is -0.364 e. The van der Waals surface area contributed by atoms with E-state index in [1.807, 2.05) is 11.8 Å². The van der Waals surface area contributed by atoms with Gasteiger partial charge in [-0.25, -0.2) is 15.0 Å². The maximum atomic E-state index is 9.20. The number of nitrogens with zero attached hydrogens (tertiary/aromatic N) is 4. The van der Waals surface area contributed by atoms with E-state index < -0.39 is 6.29 Å². The van der Waals surface area contributed by atoms with Crippen molar-refractivity contribution in [2.75, 3.05) is 11.4 Å². The molecule has 0 saturated heterocycles. The Kier molecular flexibility index (Phi) is 4.59. The van der Waals surface area contributed by atoms with Crippen molar-refractivity contribution in [3.05, 3.63) is 28.5 Å². The van der Waals surface area contributed by atoms with Crippen molar-refractivity contribution in [3.63, 3.8) is 0 Å². The second-order valence-electron chi connectivity index (χ2n) is 7.88. The van der Waals surface area contributed by atoms with E-state index in [4.69, 9.17) is 4.98 Å². The summed E-state index contributed by atoms with van der Waals surface area (Å²) in [7, 11) is 0. The molecular weight excluding hydrogens is 336 g/mol. The first kappa shape index (κ1) is 18.2. The number of thiazole rings is 1. The van der Waals surface area contributed by atoms with Crippen molar-refractivity contribution in [1.29, 1.82) is 0 Å². The summed E-state index contributed by atoms with van der Waals surface area (Å²) >= 11 is 1.72.